The monoisotopic (exact) mass is 358 g/mol. The molecule has 0 saturated carbocycles. The highest BCUT2D eigenvalue weighted by atomic mass is 32.2. The minimum atomic E-state index is -4.10. The Morgan fingerprint density at radius 1 is 1.12 bits per heavy atom. The summed E-state index contributed by atoms with van der Waals surface area (Å²) in [4.78, 5) is 23.0. The first-order valence-electron chi connectivity index (χ1n) is 7.60. The molecule has 0 saturated heterocycles. The molecule has 2 amide bonds. The third-order valence-electron chi connectivity index (χ3n) is 3.62. The lowest BCUT2D eigenvalue weighted by Crippen LogP contribution is -2.38. The molecule has 0 aromatic heterocycles. The quantitative estimate of drug-likeness (QED) is 0.300. The van der Waals surface area contributed by atoms with Crippen molar-refractivity contribution in [2.24, 2.45) is 0 Å². The lowest BCUT2D eigenvalue weighted by Gasteiger charge is -2.16. The Labute approximate surface area is 140 Å². The third kappa shape index (κ3) is 5.02. The van der Waals surface area contributed by atoms with Gasteiger partial charge in [0.15, 0.2) is 9.84 Å². The van der Waals surface area contributed by atoms with Crippen LogP contribution in [-0.2, 0) is 14.6 Å². The smallest absolute Gasteiger partial charge is 0.274 e. The normalized spacial score (nSPS) is 12.5. The Kier molecular flexibility index (Phi) is 7.83. The number of hydroxylamine groups is 2. The van der Waals surface area contributed by atoms with E-state index in [1.165, 1.54) is 29.2 Å². The number of carbonyl (C=O) groups excluding carboxylic acids is 2. The van der Waals surface area contributed by atoms with Crippen LogP contribution in [0.3, 0.4) is 0 Å². The van der Waals surface area contributed by atoms with E-state index >= 15 is 0 Å². The van der Waals surface area contributed by atoms with Crippen molar-refractivity contribution in [1.82, 2.24) is 11.0 Å². The van der Waals surface area contributed by atoms with E-state index in [9.17, 15) is 18.0 Å². The molecule has 0 aliphatic carbocycles. The van der Waals surface area contributed by atoms with E-state index in [-0.39, 0.29) is 16.9 Å². The van der Waals surface area contributed by atoms with Crippen LogP contribution in [0.4, 0.5) is 0 Å². The molecule has 4 N–H and O–H groups in total. The summed E-state index contributed by atoms with van der Waals surface area (Å²) in [5, 5.41) is 16.0. The Bertz CT molecular complexity index is 674. The molecule has 1 unspecified atom stereocenters. The molecule has 0 aliphatic heterocycles. The van der Waals surface area contributed by atoms with E-state index in [1.807, 2.05) is 6.92 Å². The maximum absolute atomic E-state index is 12.7. The molecule has 0 spiro atoms. The van der Waals surface area contributed by atoms with Crippen LogP contribution in [0.1, 0.15) is 49.4 Å². The summed E-state index contributed by atoms with van der Waals surface area (Å²) in [7, 11) is -4.10. The summed E-state index contributed by atoms with van der Waals surface area (Å²) in [6.45, 7) is 2.01. The van der Waals surface area contributed by atoms with Crippen molar-refractivity contribution in [2.45, 2.75) is 49.2 Å². The lowest BCUT2D eigenvalue weighted by molar-refractivity contribution is -0.128. The summed E-state index contributed by atoms with van der Waals surface area (Å²) < 4.78 is 25.4. The van der Waals surface area contributed by atoms with Gasteiger partial charge in [-0.1, -0.05) is 38.7 Å². The SMILES string of the molecule is CCCCCCC(C(=O)NO)S(=O)(=O)c1cccc(C(=O)NO)c1. The maximum atomic E-state index is 12.7. The van der Waals surface area contributed by atoms with Gasteiger partial charge in [-0.15, -0.1) is 0 Å². The number of benzene rings is 1. The summed E-state index contributed by atoms with van der Waals surface area (Å²) in [5.41, 5.74) is 2.75. The van der Waals surface area contributed by atoms with E-state index in [1.54, 1.807) is 0 Å². The number of nitrogens with one attached hydrogen (secondary N) is 2. The Morgan fingerprint density at radius 2 is 1.83 bits per heavy atom. The number of hydrogen-bond acceptors (Lipinski definition) is 6. The molecule has 24 heavy (non-hydrogen) atoms. The van der Waals surface area contributed by atoms with Gasteiger partial charge in [-0.2, -0.15) is 0 Å². The zero-order valence-electron chi connectivity index (χ0n) is 13.4. The third-order valence-corrected chi connectivity index (χ3v) is 5.73. The molecule has 9 heteroatoms. The zero-order chi connectivity index (χ0) is 18.2. The average molecular weight is 358 g/mol. The van der Waals surface area contributed by atoms with Gasteiger partial charge in [0.05, 0.1) is 4.90 Å². The Balaban J connectivity index is 3.11. The first-order valence-corrected chi connectivity index (χ1v) is 9.15. The maximum Gasteiger partial charge on any atom is 0.274 e. The molecule has 0 bridgehead atoms. The van der Waals surface area contributed by atoms with E-state index in [0.29, 0.717) is 6.42 Å². The molecule has 1 aromatic carbocycles. The van der Waals surface area contributed by atoms with Gasteiger partial charge in [0.25, 0.3) is 11.8 Å². The van der Waals surface area contributed by atoms with Crippen molar-refractivity contribution >= 4 is 21.7 Å². The van der Waals surface area contributed by atoms with Crippen molar-refractivity contribution in [2.75, 3.05) is 0 Å². The summed E-state index contributed by atoms with van der Waals surface area (Å²) in [6, 6.07) is 4.99. The van der Waals surface area contributed by atoms with Crippen LogP contribution in [0.25, 0.3) is 0 Å². The van der Waals surface area contributed by atoms with Gasteiger partial charge in [-0.05, 0) is 24.6 Å². The van der Waals surface area contributed by atoms with Gasteiger partial charge in [0.1, 0.15) is 5.25 Å². The fraction of sp³-hybridized carbons (Fsp3) is 0.467. The Hall–Kier alpha value is -1.97. The van der Waals surface area contributed by atoms with Crippen molar-refractivity contribution in [3.8, 4) is 0 Å². The molecule has 0 fully saturated rings. The lowest BCUT2D eigenvalue weighted by atomic mass is 10.1. The van der Waals surface area contributed by atoms with Gasteiger partial charge in [0.2, 0.25) is 0 Å². The van der Waals surface area contributed by atoms with Gasteiger partial charge in [-0.25, -0.2) is 19.4 Å². The van der Waals surface area contributed by atoms with Crippen LogP contribution in [0.2, 0.25) is 0 Å². The van der Waals surface area contributed by atoms with Crippen molar-refractivity contribution in [3.05, 3.63) is 29.8 Å². The highest BCUT2D eigenvalue weighted by Crippen LogP contribution is 2.22. The second-order valence-corrected chi connectivity index (χ2v) is 7.46. The number of unbranched alkanes of at least 4 members (excludes halogenated alkanes) is 3. The van der Waals surface area contributed by atoms with Gasteiger partial charge >= 0.3 is 0 Å². The summed E-state index contributed by atoms with van der Waals surface area (Å²) >= 11 is 0. The molecular formula is C15H22N2O6S. The standard InChI is InChI=1S/C15H22N2O6S/c1-2-3-4-5-9-13(15(19)17-21)24(22,23)12-8-6-7-11(10-12)14(18)16-20/h6-8,10,13,20-21H,2-5,9H2,1H3,(H,16,18)(H,17,19). The van der Waals surface area contributed by atoms with E-state index < -0.39 is 26.9 Å². The van der Waals surface area contributed by atoms with E-state index in [2.05, 4.69) is 0 Å². The molecule has 0 heterocycles. The average Bonchev–Trinajstić information content (AvgIpc) is 2.60. The molecule has 1 aromatic rings. The van der Waals surface area contributed by atoms with Crippen molar-refractivity contribution in [1.29, 1.82) is 0 Å². The van der Waals surface area contributed by atoms with Gasteiger partial charge in [0, 0.05) is 5.56 Å². The highest BCUT2D eigenvalue weighted by Gasteiger charge is 2.33. The van der Waals surface area contributed by atoms with Crippen molar-refractivity contribution < 1.29 is 28.4 Å². The fourth-order valence-electron chi connectivity index (χ4n) is 2.30. The van der Waals surface area contributed by atoms with Crippen LogP contribution in [0.15, 0.2) is 29.2 Å². The number of amides is 2. The molecular weight excluding hydrogens is 336 g/mol. The van der Waals surface area contributed by atoms with Crippen LogP contribution in [0, 0.1) is 0 Å². The predicted molar refractivity (Wildman–Crippen MR) is 85.4 cm³/mol. The van der Waals surface area contributed by atoms with Crippen LogP contribution >= 0.6 is 0 Å². The van der Waals surface area contributed by atoms with E-state index in [0.717, 1.165) is 25.3 Å². The van der Waals surface area contributed by atoms with Crippen LogP contribution in [0.5, 0.6) is 0 Å². The summed E-state index contributed by atoms with van der Waals surface area (Å²) in [6.07, 6.45) is 3.23. The van der Waals surface area contributed by atoms with E-state index in [4.69, 9.17) is 10.4 Å². The molecule has 1 rings (SSSR count). The number of carbonyl (C=O) groups is 2. The second-order valence-electron chi connectivity index (χ2n) is 5.33. The summed E-state index contributed by atoms with van der Waals surface area (Å²) in [5.74, 6) is -1.87. The zero-order valence-corrected chi connectivity index (χ0v) is 14.2. The highest BCUT2D eigenvalue weighted by molar-refractivity contribution is 7.92. The first kappa shape index (κ1) is 20.1. The molecule has 0 radical (unpaired) electrons. The molecule has 134 valence electrons. The molecule has 0 aliphatic rings. The number of hydrogen-bond donors (Lipinski definition) is 4. The number of sulfone groups is 1. The van der Waals surface area contributed by atoms with Crippen LogP contribution in [-0.4, -0.2) is 35.9 Å². The van der Waals surface area contributed by atoms with Gasteiger partial charge < -0.3 is 0 Å². The molecule has 8 nitrogen and oxygen atoms in total. The largest absolute Gasteiger partial charge is 0.289 e. The van der Waals surface area contributed by atoms with Crippen LogP contribution < -0.4 is 11.0 Å². The minimum absolute atomic E-state index is 0.0607. The van der Waals surface area contributed by atoms with Crippen molar-refractivity contribution in [3.63, 3.8) is 0 Å². The second kappa shape index (κ2) is 9.36. The minimum Gasteiger partial charge on any atom is -0.289 e. The fourth-order valence-corrected chi connectivity index (χ4v) is 4.00. The Morgan fingerprint density at radius 3 is 2.42 bits per heavy atom. The first-order chi connectivity index (χ1) is 11.4. The molecule has 1 atom stereocenters. The predicted octanol–water partition coefficient (Wildman–Crippen LogP) is 1.42. The topological polar surface area (TPSA) is 133 Å². The number of rotatable bonds is 9. The van der Waals surface area contributed by atoms with Gasteiger partial charge in [-0.3, -0.25) is 20.0 Å².